The summed E-state index contributed by atoms with van der Waals surface area (Å²) < 4.78 is 21.3. The van der Waals surface area contributed by atoms with Crippen LogP contribution in [0, 0.1) is 12.7 Å². The van der Waals surface area contributed by atoms with Crippen LogP contribution in [0.1, 0.15) is 35.6 Å². The summed E-state index contributed by atoms with van der Waals surface area (Å²) in [5, 5.41) is 15.0. The second-order valence-corrected chi connectivity index (χ2v) is 7.97. The molecule has 1 aromatic carbocycles. The van der Waals surface area contributed by atoms with Gasteiger partial charge in [-0.05, 0) is 49.3 Å². The molecule has 1 aromatic heterocycles. The van der Waals surface area contributed by atoms with E-state index in [-0.39, 0.29) is 11.9 Å². The molecule has 7 nitrogen and oxygen atoms in total. The van der Waals surface area contributed by atoms with Crippen molar-refractivity contribution in [3.63, 3.8) is 0 Å². The molecule has 1 aliphatic heterocycles. The number of rotatable bonds is 8. The number of hydrogen-bond acceptors (Lipinski definition) is 5. The van der Waals surface area contributed by atoms with Gasteiger partial charge in [0.05, 0.1) is 19.2 Å². The number of aliphatic imine (C=N–C) groups is 1. The van der Waals surface area contributed by atoms with Gasteiger partial charge in [0.1, 0.15) is 11.6 Å². The van der Waals surface area contributed by atoms with Crippen molar-refractivity contribution in [3.8, 4) is 0 Å². The summed E-state index contributed by atoms with van der Waals surface area (Å²) in [7, 11) is 1.94. The molecule has 1 unspecified atom stereocenters. The van der Waals surface area contributed by atoms with E-state index in [0.29, 0.717) is 25.6 Å². The molecule has 1 aliphatic rings. The zero-order valence-electron chi connectivity index (χ0n) is 17.2. The number of halogens is 1. The molecule has 1 saturated heterocycles. The molecule has 0 amide bonds. The minimum Gasteiger partial charge on any atom is -0.376 e. The Morgan fingerprint density at radius 3 is 2.90 bits per heavy atom. The van der Waals surface area contributed by atoms with Crippen LogP contribution in [-0.2, 0) is 30.6 Å². The van der Waals surface area contributed by atoms with Gasteiger partial charge in [-0.1, -0.05) is 6.07 Å². The number of ether oxygens (including phenoxy) is 1. The molecular formula is C20H29FN6OS. The number of guanidine groups is 1. The van der Waals surface area contributed by atoms with Crippen molar-refractivity contribution in [2.45, 2.75) is 44.7 Å². The Hall–Kier alpha value is -2.13. The molecule has 158 valence electrons. The summed E-state index contributed by atoms with van der Waals surface area (Å²) in [6, 6.07) is 4.90. The molecule has 9 heteroatoms. The lowest BCUT2D eigenvalue weighted by molar-refractivity contribution is 0.113. The Balaban J connectivity index is 1.69. The standard InChI is InChI=1S/C20H29FN6OS/c1-14-25-26-19(27(14)2)12-24-20(23-11-18-5-4-8-28-18)22-10-15-6-7-17(21)9-16(15)13-29-3/h6-7,9,18H,4-5,8,10-13H2,1-3H3,(H2,22,23,24). The maximum atomic E-state index is 13.6. The number of thioether (sulfide) groups is 1. The van der Waals surface area contributed by atoms with Crippen LogP contribution in [0.3, 0.4) is 0 Å². The molecule has 1 atom stereocenters. The Labute approximate surface area is 175 Å². The highest BCUT2D eigenvalue weighted by Gasteiger charge is 2.16. The molecule has 29 heavy (non-hydrogen) atoms. The topological polar surface area (TPSA) is 76.4 Å². The lowest BCUT2D eigenvalue weighted by Gasteiger charge is -2.16. The second-order valence-electron chi connectivity index (χ2n) is 7.10. The fourth-order valence-corrected chi connectivity index (χ4v) is 3.74. The van der Waals surface area contributed by atoms with Crippen molar-refractivity contribution >= 4 is 17.7 Å². The smallest absolute Gasteiger partial charge is 0.192 e. The fourth-order valence-electron chi connectivity index (χ4n) is 3.16. The van der Waals surface area contributed by atoms with Crippen LogP contribution in [0.2, 0.25) is 0 Å². The lowest BCUT2D eigenvalue weighted by Crippen LogP contribution is -2.41. The van der Waals surface area contributed by atoms with Crippen molar-refractivity contribution in [1.29, 1.82) is 0 Å². The monoisotopic (exact) mass is 420 g/mol. The SMILES string of the molecule is CSCc1cc(F)ccc1CN=C(NCc1nnc(C)n1C)NCC1CCCO1. The molecule has 1 fully saturated rings. The molecule has 2 heterocycles. The van der Waals surface area contributed by atoms with Gasteiger partial charge in [0.25, 0.3) is 0 Å². The second kappa shape index (κ2) is 10.6. The van der Waals surface area contributed by atoms with E-state index in [1.807, 2.05) is 30.9 Å². The average molecular weight is 421 g/mol. The van der Waals surface area contributed by atoms with Crippen LogP contribution >= 0.6 is 11.8 Å². The number of nitrogens with zero attached hydrogens (tertiary/aromatic N) is 4. The van der Waals surface area contributed by atoms with Gasteiger partial charge in [-0.3, -0.25) is 0 Å². The highest BCUT2D eigenvalue weighted by atomic mass is 32.2. The summed E-state index contributed by atoms with van der Waals surface area (Å²) >= 11 is 1.67. The van der Waals surface area contributed by atoms with Gasteiger partial charge in [-0.15, -0.1) is 10.2 Å². The Bertz CT molecular complexity index is 834. The van der Waals surface area contributed by atoms with Crippen molar-refractivity contribution in [3.05, 3.63) is 46.8 Å². The summed E-state index contributed by atoms with van der Waals surface area (Å²) in [5.41, 5.74) is 2.00. The quantitative estimate of drug-likeness (QED) is 0.505. The summed E-state index contributed by atoms with van der Waals surface area (Å²) in [5.74, 6) is 2.92. The largest absolute Gasteiger partial charge is 0.376 e. The zero-order valence-corrected chi connectivity index (χ0v) is 18.1. The minimum absolute atomic E-state index is 0.206. The van der Waals surface area contributed by atoms with Crippen LogP contribution < -0.4 is 10.6 Å². The first-order valence-corrected chi connectivity index (χ1v) is 11.2. The van der Waals surface area contributed by atoms with Gasteiger partial charge < -0.3 is 19.9 Å². The normalized spacial score (nSPS) is 17.0. The number of nitrogens with one attached hydrogen (secondary N) is 2. The molecule has 3 rings (SSSR count). The van der Waals surface area contributed by atoms with Gasteiger partial charge in [-0.25, -0.2) is 9.38 Å². The zero-order chi connectivity index (χ0) is 20.6. The predicted molar refractivity (Wildman–Crippen MR) is 114 cm³/mol. The summed E-state index contributed by atoms with van der Waals surface area (Å²) in [6.45, 7) is 4.41. The first kappa shape index (κ1) is 21.6. The minimum atomic E-state index is -0.214. The van der Waals surface area contributed by atoms with Gasteiger partial charge in [0, 0.05) is 26.0 Å². The first-order chi connectivity index (χ1) is 14.1. The van der Waals surface area contributed by atoms with Crippen LogP contribution in [0.4, 0.5) is 4.39 Å². The van der Waals surface area contributed by atoms with Gasteiger partial charge in [0.2, 0.25) is 0 Å². The van der Waals surface area contributed by atoms with E-state index in [2.05, 4.69) is 20.8 Å². The summed E-state index contributed by atoms with van der Waals surface area (Å²) in [6.07, 6.45) is 4.37. The van der Waals surface area contributed by atoms with E-state index in [1.54, 1.807) is 17.8 Å². The highest BCUT2D eigenvalue weighted by molar-refractivity contribution is 7.97. The molecule has 0 bridgehead atoms. The molecule has 0 aliphatic carbocycles. The van der Waals surface area contributed by atoms with Gasteiger partial charge in [-0.2, -0.15) is 11.8 Å². The van der Waals surface area contributed by atoms with Crippen molar-refractivity contribution < 1.29 is 9.13 Å². The highest BCUT2D eigenvalue weighted by Crippen LogP contribution is 2.17. The third-order valence-electron chi connectivity index (χ3n) is 4.99. The van der Waals surface area contributed by atoms with Crippen molar-refractivity contribution in [2.24, 2.45) is 12.0 Å². The van der Waals surface area contributed by atoms with E-state index in [9.17, 15) is 4.39 Å². The third kappa shape index (κ3) is 6.17. The van der Waals surface area contributed by atoms with Crippen LogP contribution in [0.5, 0.6) is 0 Å². The molecule has 2 aromatic rings. The van der Waals surface area contributed by atoms with Gasteiger partial charge >= 0.3 is 0 Å². The van der Waals surface area contributed by atoms with Crippen molar-refractivity contribution in [2.75, 3.05) is 19.4 Å². The first-order valence-electron chi connectivity index (χ1n) is 9.81. The van der Waals surface area contributed by atoms with Crippen LogP contribution in [0.15, 0.2) is 23.2 Å². The lowest BCUT2D eigenvalue weighted by atomic mass is 10.1. The van der Waals surface area contributed by atoms with Crippen molar-refractivity contribution in [1.82, 2.24) is 25.4 Å². The maximum absolute atomic E-state index is 13.6. The predicted octanol–water partition coefficient (Wildman–Crippen LogP) is 2.54. The van der Waals surface area contributed by atoms with Gasteiger partial charge in [0.15, 0.2) is 11.8 Å². The number of aromatic nitrogens is 3. The van der Waals surface area contributed by atoms with E-state index in [4.69, 9.17) is 9.73 Å². The summed E-state index contributed by atoms with van der Waals surface area (Å²) in [4.78, 5) is 4.73. The Morgan fingerprint density at radius 2 is 2.21 bits per heavy atom. The van der Waals surface area contributed by atoms with E-state index in [0.717, 1.165) is 48.0 Å². The average Bonchev–Trinajstić information content (AvgIpc) is 3.34. The molecule has 0 saturated carbocycles. The number of aryl methyl sites for hydroxylation is 1. The molecular weight excluding hydrogens is 391 g/mol. The number of hydrogen-bond donors (Lipinski definition) is 2. The van der Waals surface area contributed by atoms with E-state index in [1.165, 1.54) is 6.07 Å². The molecule has 0 radical (unpaired) electrons. The van der Waals surface area contributed by atoms with E-state index < -0.39 is 0 Å². The maximum Gasteiger partial charge on any atom is 0.192 e. The molecule has 2 N–H and O–H groups in total. The Morgan fingerprint density at radius 1 is 1.34 bits per heavy atom. The Kier molecular flexibility index (Phi) is 7.88. The number of benzene rings is 1. The third-order valence-corrected chi connectivity index (χ3v) is 5.59. The van der Waals surface area contributed by atoms with Crippen LogP contribution in [-0.4, -0.2) is 46.2 Å². The fraction of sp³-hybridized carbons (Fsp3) is 0.550. The van der Waals surface area contributed by atoms with E-state index >= 15 is 0 Å². The van der Waals surface area contributed by atoms with Crippen LogP contribution in [0.25, 0.3) is 0 Å². The molecule has 0 spiro atoms.